The molecule has 6 heteroatoms. The van der Waals surface area contributed by atoms with Gasteiger partial charge in [-0.1, -0.05) is 36.4 Å². The Morgan fingerprint density at radius 3 is 2.36 bits per heavy atom. The van der Waals surface area contributed by atoms with Gasteiger partial charge in [0.2, 0.25) is 10.0 Å². The van der Waals surface area contributed by atoms with Crippen molar-refractivity contribution in [3.8, 4) is 5.75 Å². The molecule has 5 nitrogen and oxygen atoms in total. The number of ether oxygens (including phenoxy) is 1. The van der Waals surface area contributed by atoms with Crippen molar-refractivity contribution >= 4 is 10.0 Å². The van der Waals surface area contributed by atoms with Gasteiger partial charge in [0.1, 0.15) is 10.6 Å². The van der Waals surface area contributed by atoms with Crippen LogP contribution in [0.5, 0.6) is 5.75 Å². The topological polar surface area (TPSA) is 72.6 Å². The number of nitrogens with two attached hydrogens (primary N) is 1. The molecule has 2 N–H and O–H groups in total. The minimum atomic E-state index is -3.69. The molecular weight excluding hydrogens is 336 g/mol. The van der Waals surface area contributed by atoms with Gasteiger partial charge in [-0.2, -0.15) is 4.31 Å². The number of sulfonamides is 1. The average molecular weight is 362 g/mol. The first-order valence-corrected chi connectivity index (χ1v) is 9.73. The normalized spacial score (nSPS) is 11.7. The fourth-order valence-corrected chi connectivity index (χ4v) is 4.67. The molecule has 0 unspecified atom stereocenters. The van der Waals surface area contributed by atoms with Crippen molar-refractivity contribution in [1.29, 1.82) is 0 Å². The van der Waals surface area contributed by atoms with Crippen molar-refractivity contribution in [2.75, 3.05) is 26.7 Å². The molecule has 0 saturated carbocycles. The van der Waals surface area contributed by atoms with Gasteiger partial charge in [-0.15, -0.1) is 0 Å². The van der Waals surface area contributed by atoms with Crippen molar-refractivity contribution in [2.45, 2.75) is 25.2 Å². The zero-order valence-corrected chi connectivity index (χ0v) is 15.8. The highest BCUT2D eigenvalue weighted by atomic mass is 32.2. The molecule has 0 radical (unpaired) electrons. The lowest BCUT2D eigenvalue weighted by molar-refractivity contribution is 0.388. The summed E-state index contributed by atoms with van der Waals surface area (Å²) in [5.74, 6) is 0.396. The molecular formula is C19H26N2O3S. The summed E-state index contributed by atoms with van der Waals surface area (Å²) in [5.41, 5.74) is 8.44. The van der Waals surface area contributed by atoms with E-state index in [1.54, 1.807) is 6.07 Å². The van der Waals surface area contributed by atoms with Crippen molar-refractivity contribution in [3.05, 3.63) is 59.2 Å². The summed E-state index contributed by atoms with van der Waals surface area (Å²) >= 11 is 0. The Kier molecular flexibility index (Phi) is 6.58. The second-order valence-corrected chi connectivity index (χ2v) is 7.95. The number of hydrogen-bond acceptors (Lipinski definition) is 4. The SMILES string of the molecule is COc1c(C)cc(C)cc1S(=O)(=O)N(CCN)CCc1ccccc1. The van der Waals surface area contributed by atoms with Gasteiger partial charge in [0.05, 0.1) is 7.11 Å². The summed E-state index contributed by atoms with van der Waals surface area (Å²) < 4.78 is 33.2. The van der Waals surface area contributed by atoms with Gasteiger partial charge in [-0.3, -0.25) is 0 Å². The van der Waals surface area contributed by atoms with E-state index in [0.717, 1.165) is 16.7 Å². The lowest BCUT2D eigenvalue weighted by atomic mass is 10.1. The molecule has 0 aromatic heterocycles. The fraction of sp³-hybridized carbons (Fsp3) is 0.368. The van der Waals surface area contributed by atoms with Gasteiger partial charge in [-0.05, 0) is 43.0 Å². The first-order valence-electron chi connectivity index (χ1n) is 8.29. The van der Waals surface area contributed by atoms with E-state index in [0.29, 0.717) is 18.7 Å². The second kappa shape index (κ2) is 8.47. The molecule has 0 fully saturated rings. The zero-order valence-electron chi connectivity index (χ0n) is 15.0. The summed E-state index contributed by atoms with van der Waals surface area (Å²) in [6, 6.07) is 13.4. The lowest BCUT2D eigenvalue weighted by Crippen LogP contribution is -2.37. The standard InChI is InChI=1S/C19H26N2O3S/c1-15-13-16(2)19(24-3)18(14-15)25(22,23)21(12-10-20)11-9-17-7-5-4-6-8-17/h4-8,13-14H,9-12,20H2,1-3H3. The van der Waals surface area contributed by atoms with E-state index < -0.39 is 10.0 Å². The summed E-state index contributed by atoms with van der Waals surface area (Å²) in [6.45, 7) is 4.64. The quantitative estimate of drug-likeness (QED) is 0.783. The van der Waals surface area contributed by atoms with Crippen LogP contribution < -0.4 is 10.5 Å². The number of rotatable bonds is 8. The highest BCUT2D eigenvalue weighted by molar-refractivity contribution is 7.89. The van der Waals surface area contributed by atoms with E-state index >= 15 is 0 Å². The van der Waals surface area contributed by atoms with Crippen LogP contribution in [0.4, 0.5) is 0 Å². The predicted molar refractivity (Wildman–Crippen MR) is 100 cm³/mol. The van der Waals surface area contributed by atoms with Crippen molar-refractivity contribution in [2.24, 2.45) is 5.73 Å². The van der Waals surface area contributed by atoms with E-state index in [1.165, 1.54) is 11.4 Å². The molecule has 0 saturated heterocycles. The molecule has 0 aliphatic rings. The van der Waals surface area contributed by atoms with Crippen LogP contribution in [0.2, 0.25) is 0 Å². The third-order valence-corrected chi connectivity index (χ3v) is 5.98. The maximum absolute atomic E-state index is 13.2. The van der Waals surface area contributed by atoms with E-state index in [4.69, 9.17) is 10.5 Å². The van der Waals surface area contributed by atoms with Crippen LogP contribution >= 0.6 is 0 Å². The van der Waals surface area contributed by atoms with Gasteiger partial charge in [0, 0.05) is 19.6 Å². The first-order chi connectivity index (χ1) is 11.9. The van der Waals surface area contributed by atoms with Crippen LogP contribution in [0.15, 0.2) is 47.4 Å². The molecule has 0 amide bonds. The van der Waals surface area contributed by atoms with Crippen molar-refractivity contribution < 1.29 is 13.2 Å². The molecule has 0 aliphatic heterocycles. The maximum atomic E-state index is 13.2. The monoisotopic (exact) mass is 362 g/mol. The van der Waals surface area contributed by atoms with Crippen molar-refractivity contribution in [3.63, 3.8) is 0 Å². The Bertz CT molecular complexity index is 805. The summed E-state index contributed by atoms with van der Waals surface area (Å²) in [6.07, 6.45) is 0.632. The van der Waals surface area contributed by atoms with Gasteiger partial charge in [0.15, 0.2) is 0 Å². The summed E-state index contributed by atoms with van der Waals surface area (Å²) in [4.78, 5) is 0.203. The van der Waals surface area contributed by atoms with Crippen LogP contribution in [0, 0.1) is 13.8 Å². The minimum absolute atomic E-state index is 0.203. The van der Waals surface area contributed by atoms with Crippen molar-refractivity contribution in [1.82, 2.24) is 4.31 Å². The molecule has 2 aromatic rings. The molecule has 136 valence electrons. The predicted octanol–water partition coefficient (Wildman–Crippen LogP) is 2.50. The first kappa shape index (κ1) is 19.4. The molecule has 0 heterocycles. The zero-order chi connectivity index (χ0) is 18.4. The lowest BCUT2D eigenvalue weighted by Gasteiger charge is -2.23. The minimum Gasteiger partial charge on any atom is -0.495 e. The summed E-state index contributed by atoms with van der Waals surface area (Å²) in [5, 5.41) is 0. The number of benzene rings is 2. The molecule has 25 heavy (non-hydrogen) atoms. The van der Waals surface area contributed by atoms with E-state index in [2.05, 4.69) is 0 Å². The van der Waals surface area contributed by atoms with Gasteiger partial charge >= 0.3 is 0 Å². The van der Waals surface area contributed by atoms with Gasteiger partial charge < -0.3 is 10.5 Å². The Morgan fingerprint density at radius 1 is 1.08 bits per heavy atom. The van der Waals surface area contributed by atoms with Gasteiger partial charge in [-0.25, -0.2) is 8.42 Å². The van der Waals surface area contributed by atoms with E-state index in [-0.39, 0.29) is 18.0 Å². The Labute approximate surface area is 150 Å². The van der Waals surface area contributed by atoms with Crippen LogP contribution in [0.25, 0.3) is 0 Å². The molecule has 0 atom stereocenters. The Balaban J connectivity index is 2.36. The largest absolute Gasteiger partial charge is 0.495 e. The average Bonchev–Trinajstić information content (AvgIpc) is 2.58. The number of methoxy groups -OCH3 is 1. The van der Waals surface area contributed by atoms with Gasteiger partial charge in [0.25, 0.3) is 0 Å². The maximum Gasteiger partial charge on any atom is 0.246 e. The second-order valence-electron chi connectivity index (χ2n) is 6.04. The highest BCUT2D eigenvalue weighted by Gasteiger charge is 2.28. The molecule has 2 rings (SSSR count). The number of nitrogens with zero attached hydrogens (tertiary/aromatic N) is 1. The smallest absolute Gasteiger partial charge is 0.246 e. The van der Waals surface area contributed by atoms with E-state index in [9.17, 15) is 8.42 Å². The number of aryl methyl sites for hydroxylation is 2. The molecule has 2 aromatic carbocycles. The third-order valence-electron chi connectivity index (χ3n) is 4.08. The Morgan fingerprint density at radius 2 is 1.76 bits per heavy atom. The number of hydrogen-bond donors (Lipinski definition) is 1. The molecule has 0 bridgehead atoms. The highest BCUT2D eigenvalue weighted by Crippen LogP contribution is 2.31. The van der Waals surface area contributed by atoms with Crippen LogP contribution in [0.3, 0.4) is 0 Å². The summed E-state index contributed by atoms with van der Waals surface area (Å²) in [7, 11) is -2.20. The van der Waals surface area contributed by atoms with Crippen LogP contribution in [-0.2, 0) is 16.4 Å². The Hall–Kier alpha value is -1.89. The third kappa shape index (κ3) is 4.60. The van der Waals surface area contributed by atoms with Crippen LogP contribution in [0.1, 0.15) is 16.7 Å². The fourth-order valence-electron chi connectivity index (χ4n) is 2.90. The molecule has 0 spiro atoms. The van der Waals surface area contributed by atoms with Crippen LogP contribution in [-0.4, -0.2) is 39.5 Å². The molecule has 0 aliphatic carbocycles. The van der Waals surface area contributed by atoms with E-state index in [1.807, 2.05) is 50.2 Å².